The molecule has 1 heteroatoms. The second kappa shape index (κ2) is 7.18. The van der Waals surface area contributed by atoms with Crippen LogP contribution in [0, 0.1) is 0 Å². The van der Waals surface area contributed by atoms with Crippen LogP contribution in [0.2, 0.25) is 0 Å². The Kier molecular flexibility index (Phi) is 4.47. The third-order valence-electron chi connectivity index (χ3n) is 6.01. The first-order valence-corrected chi connectivity index (χ1v) is 10.6. The number of fused-ring (bicyclic) bond motifs is 1. The van der Waals surface area contributed by atoms with E-state index in [4.69, 9.17) is 4.42 Å². The molecule has 0 saturated carbocycles. The van der Waals surface area contributed by atoms with Gasteiger partial charge in [0.05, 0.1) is 6.26 Å². The van der Waals surface area contributed by atoms with Gasteiger partial charge in [-0.15, -0.1) is 0 Å². The van der Waals surface area contributed by atoms with Crippen LogP contribution in [0.3, 0.4) is 0 Å². The summed E-state index contributed by atoms with van der Waals surface area (Å²) < 4.78 is 5.96. The van der Waals surface area contributed by atoms with E-state index in [-0.39, 0.29) is 5.41 Å². The van der Waals surface area contributed by atoms with Crippen LogP contribution in [0.25, 0.3) is 33.9 Å². The zero-order chi connectivity index (χ0) is 20.7. The van der Waals surface area contributed by atoms with Crippen molar-refractivity contribution in [1.82, 2.24) is 0 Å². The summed E-state index contributed by atoms with van der Waals surface area (Å²) in [7, 11) is 0. The minimum Gasteiger partial charge on any atom is -0.464 e. The maximum Gasteiger partial charge on any atom is 0.137 e. The number of rotatable bonds is 3. The lowest BCUT2D eigenvalue weighted by atomic mass is 9.85. The van der Waals surface area contributed by atoms with Crippen molar-refractivity contribution in [3.05, 3.63) is 108 Å². The minimum atomic E-state index is 0.166. The molecule has 148 valence electrons. The first-order valence-electron chi connectivity index (χ1n) is 10.6. The highest BCUT2D eigenvalue weighted by Gasteiger charge is 2.22. The molecule has 1 heterocycles. The van der Waals surface area contributed by atoms with E-state index in [0.29, 0.717) is 0 Å². The highest BCUT2D eigenvalue weighted by Crippen LogP contribution is 2.41. The van der Waals surface area contributed by atoms with Crippen molar-refractivity contribution in [2.75, 3.05) is 0 Å². The normalized spacial score (nSPS) is 13.2. The van der Waals surface area contributed by atoms with Gasteiger partial charge in [-0.2, -0.15) is 0 Å². The van der Waals surface area contributed by atoms with Crippen LogP contribution in [-0.2, 0) is 11.8 Å². The van der Waals surface area contributed by atoms with Crippen LogP contribution in [0.15, 0.2) is 89.5 Å². The summed E-state index contributed by atoms with van der Waals surface area (Å²) in [6.45, 7) is 6.77. The molecule has 0 N–H and O–H groups in total. The lowest BCUT2D eigenvalue weighted by Crippen LogP contribution is -2.10. The van der Waals surface area contributed by atoms with Crippen molar-refractivity contribution in [3.63, 3.8) is 0 Å². The third kappa shape index (κ3) is 3.31. The molecule has 0 fully saturated rings. The minimum absolute atomic E-state index is 0.166. The molecule has 1 nitrogen and oxygen atoms in total. The fourth-order valence-corrected chi connectivity index (χ4v) is 4.34. The Morgan fingerprint density at radius 2 is 1.43 bits per heavy atom. The fraction of sp³-hybridized carbons (Fsp3) is 0.172. The standard InChI is InChI=1S/C29H26O/c1-29(2,3)24-14-12-21(13-15-24)25-11-7-10-22-18-23(19-27(22)25)28-26(16-17-30-28)20-8-5-4-6-9-20/h4-18H,19H2,1-3H3. The third-order valence-corrected chi connectivity index (χ3v) is 6.01. The van der Waals surface area contributed by atoms with Gasteiger partial charge in [0, 0.05) is 17.6 Å². The lowest BCUT2D eigenvalue weighted by Gasteiger charge is -2.19. The maximum absolute atomic E-state index is 5.96. The summed E-state index contributed by atoms with van der Waals surface area (Å²) in [5.74, 6) is 0.978. The Labute approximate surface area is 178 Å². The highest BCUT2D eigenvalue weighted by atomic mass is 16.3. The van der Waals surface area contributed by atoms with Crippen LogP contribution in [-0.4, -0.2) is 0 Å². The highest BCUT2D eigenvalue weighted by molar-refractivity contribution is 5.94. The number of benzene rings is 3. The predicted molar refractivity (Wildman–Crippen MR) is 126 cm³/mol. The van der Waals surface area contributed by atoms with Crippen LogP contribution in [0.5, 0.6) is 0 Å². The number of hydrogen-bond acceptors (Lipinski definition) is 1. The van der Waals surface area contributed by atoms with E-state index in [2.05, 4.69) is 99.6 Å². The molecule has 0 radical (unpaired) electrons. The topological polar surface area (TPSA) is 13.1 Å². The van der Waals surface area contributed by atoms with Crippen LogP contribution < -0.4 is 0 Å². The Morgan fingerprint density at radius 1 is 0.700 bits per heavy atom. The van der Waals surface area contributed by atoms with Crippen molar-refractivity contribution < 1.29 is 4.42 Å². The molecule has 1 aliphatic rings. The molecule has 0 aliphatic heterocycles. The van der Waals surface area contributed by atoms with Crippen molar-refractivity contribution >= 4 is 11.6 Å². The Balaban J connectivity index is 1.50. The van der Waals surface area contributed by atoms with E-state index in [1.54, 1.807) is 6.26 Å². The average Bonchev–Trinajstić information content (AvgIpc) is 3.40. The van der Waals surface area contributed by atoms with Crippen LogP contribution in [0.1, 0.15) is 43.2 Å². The summed E-state index contributed by atoms with van der Waals surface area (Å²) in [4.78, 5) is 0. The van der Waals surface area contributed by atoms with Crippen LogP contribution in [0.4, 0.5) is 0 Å². The summed E-state index contributed by atoms with van der Waals surface area (Å²) in [5, 5.41) is 0. The molecule has 4 aromatic rings. The van der Waals surface area contributed by atoms with Gasteiger partial charge < -0.3 is 4.42 Å². The molecule has 0 spiro atoms. The average molecular weight is 391 g/mol. The quantitative estimate of drug-likeness (QED) is 0.345. The van der Waals surface area contributed by atoms with Gasteiger partial charge in [0.25, 0.3) is 0 Å². The van der Waals surface area contributed by atoms with Crippen molar-refractivity contribution in [2.45, 2.75) is 32.6 Å². The van der Waals surface area contributed by atoms with Gasteiger partial charge in [-0.3, -0.25) is 0 Å². The van der Waals surface area contributed by atoms with Gasteiger partial charge in [-0.1, -0.05) is 93.6 Å². The number of hydrogen-bond donors (Lipinski definition) is 0. The second-order valence-electron chi connectivity index (χ2n) is 9.08. The molecule has 5 rings (SSSR count). The molecule has 0 atom stereocenters. The summed E-state index contributed by atoms with van der Waals surface area (Å²) in [5.41, 5.74) is 10.4. The molecule has 0 saturated heterocycles. The van der Waals surface area contributed by atoms with E-state index in [1.807, 2.05) is 6.07 Å². The van der Waals surface area contributed by atoms with E-state index in [0.717, 1.165) is 17.7 Å². The van der Waals surface area contributed by atoms with Gasteiger partial charge >= 0.3 is 0 Å². The van der Waals surface area contributed by atoms with E-state index < -0.39 is 0 Å². The van der Waals surface area contributed by atoms with Crippen molar-refractivity contribution in [3.8, 4) is 22.3 Å². The maximum atomic E-state index is 5.96. The molecule has 1 aliphatic carbocycles. The Hall–Kier alpha value is -3.32. The SMILES string of the molecule is CC(C)(C)c1ccc(-c2cccc3c2CC(c2occc2-c2ccccc2)=C3)cc1. The predicted octanol–water partition coefficient (Wildman–Crippen LogP) is 8.01. The summed E-state index contributed by atoms with van der Waals surface area (Å²) >= 11 is 0. The van der Waals surface area contributed by atoms with Gasteiger partial charge in [0.2, 0.25) is 0 Å². The fourth-order valence-electron chi connectivity index (χ4n) is 4.34. The largest absolute Gasteiger partial charge is 0.464 e. The van der Waals surface area contributed by atoms with Crippen molar-refractivity contribution in [2.24, 2.45) is 0 Å². The summed E-state index contributed by atoms with van der Waals surface area (Å²) in [6.07, 6.45) is 4.97. The Morgan fingerprint density at radius 3 is 2.17 bits per heavy atom. The first-order chi connectivity index (χ1) is 14.5. The zero-order valence-corrected chi connectivity index (χ0v) is 17.8. The molecular weight excluding hydrogens is 364 g/mol. The van der Waals surface area contributed by atoms with Crippen LogP contribution >= 0.6 is 0 Å². The zero-order valence-electron chi connectivity index (χ0n) is 17.8. The van der Waals surface area contributed by atoms with Gasteiger partial charge in [0.1, 0.15) is 5.76 Å². The van der Waals surface area contributed by atoms with E-state index >= 15 is 0 Å². The monoisotopic (exact) mass is 390 g/mol. The molecule has 3 aromatic carbocycles. The van der Waals surface area contributed by atoms with E-state index in [1.165, 1.54) is 39.0 Å². The second-order valence-corrected chi connectivity index (χ2v) is 9.08. The lowest BCUT2D eigenvalue weighted by molar-refractivity contribution is 0.553. The molecule has 0 bridgehead atoms. The smallest absolute Gasteiger partial charge is 0.137 e. The molecule has 30 heavy (non-hydrogen) atoms. The Bertz CT molecular complexity index is 1220. The van der Waals surface area contributed by atoms with Gasteiger partial charge in [0.15, 0.2) is 0 Å². The van der Waals surface area contributed by atoms with Crippen molar-refractivity contribution in [1.29, 1.82) is 0 Å². The van der Waals surface area contributed by atoms with E-state index in [9.17, 15) is 0 Å². The van der Waals surface area contributed by atoms with Gasteiger partial charge in [-0.25, -0.2) is 0 Å². The number of furan rings is 1. The molecule has 0 unspecified atom stereocenters. The number of allylic oxidation sites excluding steroid dienone is 1. The molecule has 0 amide bonds. The molecular formula is C29H26O. The molecule has 1 aromatic heterocycles. The van der Waals surface area contributed by atoms with Gasteiger partial charge in [-0.05, 0) is 50.9 Å². The summed E-state index contributed by atoms with van der Waals surface area (Å²) in [6, 6.07) is 28.2. The first kappa shape index (κ1) is 18.7.